The fourth-order valence-electron chi connectivity index (χ4n) is 3.41. The third-order valence-corrected chi connectivity index (χ3v) is 7.28. The van der Waals surface area contributed by atoms with Crippen LogP contribution in [0.1, 0.15) is 17.0 Å². The van der Waals surface area contributed by atoms with Crippen LogP contribution in [0.2, 0.25) is 15.1 Å². The first-order chi connectivity index (χ1) is 17.4. The van der Waals surface area contributed by atoms with Crippen LogP contribution in [-0.4, -0.2) is 27.9 Å². The zero-order valence-corrected chi connectivity index (χ0v) is 22.5. The predicted molar refractivity (Wildman–Crippen MR) is 146 cm³/mol. The Labute approximate surface area is 228 Å². The molecular weight excluding hydrogens is 541 g/mol. The molecule has 0 radical (unpaired) electrons. The van der Waals surface area contributed by atoms with E-state index >= 15 is 0 Å². The number of anilines is 1. The Morgan fingerprint density at radius 2 is 1.86 bits per heavy atom. The zero-order valence-electron chi connectivity index (χ0n) is 19.4. The first-order valence-electron chi connectivity index (χ1n) is 10.8. The topological polar surface area (TPSA) is 81.1 Å². The van der Waals surface area contributed by atoms with E-state index in [0.717, 1.165) is 22.6 Å². The Morgan fingerprint density at radius 1 is 1.06 bits per heavy atom. The van der Waals surface area contributed by atoms with Crippen LogP contribution in [0.4, 0.5) is 10.5 Å². The van der Waals surface area contributed by atoms with E-state index in [4.69, 9.17) is 39.5 Å². The van der Waals surface area contributed by atoms with Crippen molar-refractivity contribution in [2.24, 2.45) is 0 Å². The highest BCUT2D eigenvalue weighted by Gasteiger charge is 2.18. The van der Waals surface area contributed by atoms with Crippen LogP contribution in [-0.2, 0) is 12.3 Å². The molecule has 0 atom stereocenters. The summed E-state index contributed by atoms with van der Waals surface area (Å²) in [4.78, 5) is 12.6. The molecule has 11 heteroatoms. The molecule has 3 aromatic carbocycles. The summed E-state index contributed by atoms with van der Waals surface area (Å²) in [6.07, 6.45) is 0. The number of aromatic nitrogens is 3. The molecule has 0 aliphatic rings. The zero-order chi connectivity index (χ0) is 25.7. The minimum Gasteiger partial charge on any atom is -0.497 e. The summed E-state index contributed by atoms with van der Waals surface area (Å²) in [5, 5.41) is 16.1. The Bertz CT molecular complexity index is 1400. The molecule has 0 saturated carbocycles. The van der Waals surface area contributed by atoms with Gasteiger partial charge in [-0.15, -0.1) is 10.2 Å². The highest BCUT2D eigenvalue weighted by molar-refractivity contribution is 7.98. The van der Waals surface area contributed by atoms with Gasteiger partial charge in [0.2, 0.25) is 0 Å². The predicted octanol–water partition coefficient (Wildman–Crippen LogP) is 7.16. The minimum absolute atomic E-state index is 0.114. The van der Waals surface area contributed by atoms with Gasteiger partial charge in [-0.05, 0) is 54.4 Å². The van der Waals surface area contributed by atoms with Gasteiger partial charge < -0.3 is 15.4 Å². The van der Waals surface area contributed by atoms with Gasteiger partial charge >= 0.3 is 6.03 Å². The molecule has 186 valence electrons. The van der Waals surface area contributed by atoms with Crippen molar-refractivity contribution in [1.29, 1.82) is 0 Å². The van der Waals surface area contributed by atoms with Crippen LogP contribution in [0.3, 0.4) is 0 Å². The lowest BCUT2D eigenvalue weighted by atomic mass is 10.2. The van der Waals surface area contributed by atoms with Crippen molar-refractivity contribution in [3.8, 4) is 11.4 Å². The minimum atomic E-state index is -0.456. The van der Waals surface area contributed by atoms with Crippen molar-refractivity contribution in [3.05, 3.63) is 92.7 Å². The molecular formula is C25H22Cl3N5O2S. The number of ether oxygens (including phenoxy) is 1. The van der Waals surface area contributed by atoms with Gasteiger partial charge in [-0.25, -0.2) is 4.79 Å². The summed E-state index contributed by atoms with van der Waals surface area (Å²) < 4.78 is 7.23. The molecule has 0 fully saturated rings. The fraction of sp³-hybridized carbons (Fsp3) is 0.160. The van der Waals surface area contributed by atoms with Crippen LogP contribution >= 0.6 is 46.6 Å². The van der Waals surface area contributed by atoms with E-state index < -0.39 is 6.03 Å². The van der Waals surface area contributed by atoms with E-state index in [2.05, 4.69) is 20.8 Å². The van der Waals surface area contributed by atoms with Gasteiger partial charge in [0.1, 0.15) is 5.75 Å². The quantitative estimate of drug-likeness (QED) is 0.223. The molecule has 2 amide bonds. The second-order valence-corrected chi connectivity index (χ2v) is 9.88. The van der Waals surface area contributed by atoms with Gasteiger partial charge in [0.05, 0.1) is 35.1 Å². The van der Waals surface area contributed by atoms with Crippen LogP contribution < -0.4 is 15.4 Å². The number of aryl methyl sites for hydroxylation is 1. The molecule has 1 heterocycles. The van der Waals surface area contributed by atoms with Crippen LogP contribution in [0.25, 0.3) is 5.69 Å². The standard InChI is InChI=1S/C25H22Cl3N5O2S/c1-15-9-10-17(26)12-21(15)33-22(13-29-24(34)30-20-8-4-7-19(27)23(20)28)31-32-25(33)36-14-16-5-3-6-18(11-16)35-2/h3-12H,13-14H2,1-2H3,(H2,29,30,34). The third kappa shape index (κ3) is 6.25. The second-order valence-electron chi connectivity index (χ2n) is 7.71. The molecule has 4 rings (SSSR count). The van der Waals surface area contributed by atoms with Crippen molar-refractivity contribution in [2.45, 2.75) is 24.4 Å². The maximum absolute atomic E-state index is 12.6. The highest BCUT2D eigenvalue weighted by Crippen LogP contribution is 2.30. The number of halogens is 3. The SMILES string of the molecule is COc1cccc(CSc2nnc(CNC(=O)Nc3cccc(Cl)c3Cl)n2-c2cc(Cl)ccc2C)c1. The van der Waals surface area contributed by atoms with E-state index in [1.807, 2.05) is 54.0 Å². The van der Waals surface area contributed by atoms with E-state index in [0.29, 0.717) is 32.5 Å². The molecule has 7 nitrogen and oxygen atoms in total. The number of hydrogen-bond donors (Lipinski definition) is 2. The number of nitrogens with one attached hydrogen (secondary N) is 2. The van der Waals surface area contributed by atoms with Crippen molar-refractivity contribution in [2.75, 3.05) is 12.4 Å². The Hall–Kier alpha value is -2.91. The molecule has 0 aliphatic carbocycles. The Kier molecular flexibility index (Phi) is 8.64. The Balaban J connectivity index is 1.56. The maximum atomic E-state index is 12.6. The number of benzene rings is 3. The summed E-state index contributed by atoms with van der Waals surface area (Å²) in [7, 11) is 1.64. The number of thioether (sulfide) groups is 1. The molecule has 0 saturated heterocycles. The lowest BCUT2D eigenvalue weighted by molar-refractivity contribution is 0.251. The number of carbonyl (C=O) groups is 1. The molecule has 36 heavy (non-hydrogen) atoms. The van der Waals surface area contributed by atoms with Crippen molar-refractivity contribution >= 4 is 58.3 Å². The molecule has 0 bridgehead atoms. The smallest absolute Gasteiger partial charge is 0.319 e. The molecule has 1 aromatic heterocycles. The maximum Gasteiger partial charge on any atom is 0.319 e. The summed E-state index contributed by atoms with van der Waals surface area (Å²) in [5.41, 5.74) is 3.30. The van der Waals surface area contributed by atoms with Gasteiger partial charge in [-0.2, -0.15) is 0 Å². The van der Waals surface area contributed by atoms with E-state index in [1.54, 1.807) is 25.3 Å². The summed E-state index contributed by atoms with van der Waals surface area (Å²) >= 11 is 20.0. The van der Waals surface area contributed by atoms with Gasteiger partial charge in [-0.3, -0.25) is 4.57 Å². The largest absolute Gasteiger partial charge is 0.497 e. The van der Waals surface area contributed by atoms with Gasteiger partial charge in [0.15, 0.2) is 11.0 Å². The molecule has 0 spiro atoms. The second kappa shape index (κ2) is 11.9. The number of urea groups is 1. The summed E-state index contributed by atoms with van der Waals surface area (Å²) in [6.45, 7) is 2.09. The monoisotopic (exact) mass is 561 g/mol. The number of carbonyl (C=O) groups excluding carboxylic acids is 1. The summed E-state index contributed by atoms with van der Waals surface area (Å²) in [5.74, 6) is 1.98. The molecule has 0 aliphatic heterocycles. The van der Waals surface area contributed by atoms with Gasteiger partial charge in [-0.1, -0.05) is 70.8 Å². The van der Waals surface area contributed by atoms with Crippen molar-refractivity contribution in [1.82, 2.24) is 20.1 Å². The molecule has 2 N–H and O–H groups in total. The highest BCUT2D eigenvalue weighted by atomic mass is 35.5. The number of nitrogens with zero attached hydrogens (tertiary/aromatic N) is 3. The van der Waals surface area contributed by atoms with Gasteiger partial charge in [0, 0.05) is 10.8 Å². The van der Waals surface area contributed by atoms with Crippen molar-refractivity contribution in [3.63, 3.8) is 0 Å². The van der Waals surface area contributed by atoms with Gasteiger partial charge in [0.25, 0.3) is 0 Å². The lowest BCUT2D eigenvalue weighted by Crippen LogP contribution is -2.29. The number of rotatable bonds is 8. The number of amides is 2. The average molecular weight is 563 g/mol. The first-order valence-corrected chi connectivity index (χ1v) is 12.9. The number of methoxy groups -OCH3 is 1. The third-order valence-electron chi connectivity index (χ3n) is 5.22. The number of hydrogen-bond acceptors (Lipinski definition) is 5. The van der Waals surface area contributed by atoms with Crippen LogP contribution in [0.5, 0.6) is 5.75 Å². The van der Waals surface area contributed by atoms with Crippen LogP contribution in [0.15, 0.2) is 65.8 Å². The normalized spacial score (nSPS) is 10.8. The Morgan fingerprint density at radius 3 is 2.67 bits per heavy atom. The molecule has 4 aromatic rings. The van der Waals surface area contributed by atoms with Crippen molar-refractivity contribution < 1.29 is 9.53 Å². The van der Waals surface area contributed by atoms with E-state index in [9.17, 15) is 4.79 Å². The fourth-order valence-corrected chi connectivity index (χ4v) is 4.83. The van der Waals surface area contributed by atoms with E-state index in [1.165, 1.54) is 11.8 Å². The summed E-state index contributed by atoms with van der Waals surface area (Å²) in [6, 6.07) is 18.0. The lowest BCUT2D eigenvalue weighted by Gasteiger charge is -2.14. The van der Waals surface area contributed by atoms with E-state index in [-0.39, 0.29) is 11.6 Å². The average Bonchev–Trinajstić information content (AvgIpc) is 3.28. The first kappa shape index (κ1) is 26.2. The molecule has 0 unspecified atom stereocenters. The van der Waals surface area contributed by atoms with Crippen LogP contribution in [0, 0.1) is 6.92 Å².